The number of ether oxygens (including phenoxy) is 5. The number of aromatic amines is 1. The van der Waals surface area contributed by atoms with Gasteiger partial charge in [0.25, 0.3) is 0 Å². The van der Waals surface area contributed by atoms with Crippen molar-refractivity contribution in [3.05, 3.63) is 41.1 Å². The number of fused-ring (bicyclic) bond motifs is 1. The molecule has 1 heterocycles. The summed E-state index contributed by atoms with van der Waals surface area (Å²) in [6, 6.07) is 6.55. The monoisotopic (exact) mass is 428 g/mol. The number of benzene rings is 2. The first kappa shape index (κ1) is 21.8. The van der Waals surface area contributed by atoms with Gasteiger partial charge in [0.15, 0.2) is 17.3 Å². The van der Waals surface area contributed by atoms with Gasteiger partial charge >= 0.3 is 5.97 Å². The second-order valence-corrected chi connectivity index (χ2v) is 6.44. The Morgan fingerprint density at radius 1 is 0.968 bits per heavy atom. The van der Waals surface area contributed by atoms with Gasteiger partial charge in [0.2, 0.25) is 5.75 Å². The van der Waals surface area contributed by atoms with Crippen molar-refractivity contribution in [1.82, 2.24) is 4.98 Å². The maximum Gasteiger partial charge on any atom is 0.355 e. The van der Waals surface area contributed by atoms with E-state index in [4.69, 9.17) is 29.4 Å². The van der Waals surface area contributed by atoms with Crippen molar-refractivity contribution >= 4 is 28.3 Å². The molecule has 31 heavy (non-hydrogen) atoms. The molecule has 0 bridgehead atoms. The molecule has 0 atom stereocenters. The van der Waals surface area contributed by atoms with E-state index < -0.39 is 11.8 Å². The van der Waals surface area contributed by atoms with Crippen LogP contribution < -0.4 is 24.7 Å². The van der Waals surface area contributed by atoms with Gasteiger partial charge in [-0.25, -0.2) is 4.79 Å². The maximum atomic E-state index is 13.7. The average molecular weight is 428 g/mol. The minimum Gasteiger partial charge on any atom is -0.497 e. The molecule has 0 radical (unpaired) electrons. The van der Waals surface area contributed by atoms with Gasteiger partial charge in [-0.1, -0.05) is 0 Å². The van der Waals surface area contributed by atoms with E-state index in [1.54, 1.807) is 25.1 Å². The Kier molecular flexibility index (Phi) is 6.24. The third kappa shape index (κ3) is 3.70. The van der Waals surface area contributed by atoms with Crippen LogP contribution >= 0.6 is 0 Å². The van der Waals surface area contributed by atoms with E-state index in [-0.39, 0.29) is 46.4 Å². The van der Waals surface area contributed by atoms with Gasteiger partial charge in [-0.15, -0.1) is 0 Å². The number of carbonyl (C=O) groups excluding carboxylic acids is 2. The van der Waals surface area contributed by atoms with Crippen molar-refractivity contribution in [3.8, 4) is 23.0 Å². The molecule has 0 amide bonds. The minimum absolute atomic E-state index is 0.0169. The molecule has 3 rings (SSSR count). The van der Waals surface area contributed by atoms with E-state index in [0.29, 0.717) is 16.7 Å². The van der Waals surface area contributed by atoms with Crippen LogP contribution in [0.4, 0.5) is 5.69 Å². The summed E-state index contributed by atoms with van der Waals surface area (Å²) < 4.78 is 26.5. The van der Waals surface area contributed by atoms with Gasteiger partial charge < -0.3 is 34.4 Å². The summed E-state index contributed by atoms with van der Waals surface area (Å²) in [5.74, 6) is 0.0118. The Hall–Kier alpha value is -3.88. The van der Waals surface area contributed by atoms with E-state index in [0.717, 1.165) is 0 Å². The molecule has 9 nitrogen and oxygen atoms in total. The number of nitrogen functional groups attached to an aromatic ring is 1. The molecule has 1 aromatic heterocycles. The number of anilines is 1. The summed E-state index contributed by atoms with van der Waals surface area (Å²) in [5.41, 5.74) is 7.08. The smallest absolute Gasteiger partial charge is 0.355 e. The molecule has 9 heteroatoms. The third-order valence-electron chi connectivity index (χ3n) is 4.83. The topological polar surface area (TPSA) is 122 Å². The highest BCUT2D eigenvalue weighted by Gasteiger charge is 2.29. The second-order valence-electron chi connectivity index (χ2n) is 6.44. The van der Waals surface area contributed by atoms with Crippen molar-refractivity contribution in [1.29, 1.82) is 0 Å². The Morgan fingerprint density at radius 2 is 1.68 bits per heavy atom. The van der Waals surface area contributed by atoms with E-state index >= 15 is 0 Å². The fourth-order valence-electron chi connectivity index (χ4n) is 3.39. The van der Waals surface area contributed by atoms with Crippen molar-refractivity contribution in [2.24, 2.45) is 0 Å². The first-order chi connectivity index (χ1) is 14.9. The summed E-state index contributed by atoms with van der Waals surface area (Å²) in [7, 11) is 5.79. The summed E-state index contributed by atoms with van der Waals surface area (Å²) >= 11 is 0. The number of aromatic nitrogens is 1. The summed E-state index contributed by atoms with van der Waals surface area (Å²) in [6.45, 7) is 1.83. The molecule has 0 aliphatic carbocycles. The summed E-state index contributed by atoms with van der Waals surface area (Å²) in [4.78, 5) is 29.3. The Bertz CT molecular complexity index is 1150. The maximum absolute atomic E-state index is 13.7. The highest BCUT2D eigenvalue weighted by atomic mass is 16.5. The lowest BCUT2D eigenvalue weighted by atomic mass is 9.97. The van der Waals surface area contributed by atoms with Gasteiger partial charge in [0, 0.05) is 10.9 Å². The fourth-order valence-corrected chi connectivity index (χ4v) is 3.39. The Labute approximate surface area is 179 Å². The second kappa shape index (κ2) is 8.86. The standard InChI is InChI=1S/C22H24N2O7/c1-6-31-22(26)18-16(12-9-11(27-2)7-8-14(12)24-18)19(25)13-10-15(28-3)20(29-4)21(30-5)17(13)23/h7-10,24H,6,23H2,1-5H3. The Morgan fingerprint density at radius 3 is 2.26 bits per heavy atom. The van der Waals surface area contributed by atoms with Crippen molar-refractivity contribution in [2.75, 3.05) is 40.8 Å². The number of nitrogens with one attached hydrogen (secondary N) is 1. The molecule has 0 spiro atoms. The normalized spacial score (nSPS) is 10.6. The van der Waals surface area contributed by atoms with Gasteiger partial charge in [-0.05, 0) is 31.2 Å². The predicted molar refractivity (Wildman–Crippen MR) is 115 cm³/mol. The minimum atomic E-state index is -0.660. The van der Waals surface area contributed by atoms with Crippen molar-refractivity contribution in [3.63, 3.8) is 0 Å². The largest absolute Gasteiger partial charge is 0.497 e. The van der Waals surface area contributed by atoms with Crippen LogP contribution in [0.5, 0.6) is 23.0 Å². The SMILES string of the molecule is CCOC(=O)c1[nH]c2ccc(OC)cc2c1C(=O)c1cc(OC)c(OC)c(OC)c1N. The van der Waals surface area contributed by atoms with Crippen LogP contribution in [0.15, 0.2) is 24.3 Å². The summed E-state index contributed by atoms with van der Waals surface area (Å²) in [5, 5.41) is 0.487. The van der Waals surface area contributed by atoms with Gasteiger partial charge in [0.1, 0.15) is 11.4 Å². The molecule has 0 saturated carbocycles. The van der Waals surface area contributed by atoms with Crippen molar-refractivity contribution in [2.45, 2.75) is 6.92 Å². The molecule has 0 unspecified atom stereocenters. The molecule has 0 aliphatic rings. The molecule has 0 saturated heterocycles. The third-order valence-corrected chi connectivity index (χ3v) is 4.83. The number of carbonyl (C=O) groups is 2. The number of methoxy groups -OCH3 is 4. The number of esters is 1. The fraction of sp³-hybridized carbons (Fsp3) is 0.273. The zero-order valence-electron chi connectivity index (χ0n) is 18.0. The zero-order valence-corrected chi connectivity index (χ0v) is 18.0. The van der Waals surface area contributed by atoms with Crippen LogP contribution in [0.25, 0.3) is 10.9 Å². The molecule has 0 aliphatic heterocycles. The van der Waals surface area contributed by atoms with E-state index in [1.165, 1.54) is 34.5 Å². The first-order valence-electron chi connectivity index (χ1n) is 9.41. The lowest BCUT2D eigenvalue weighted by Crippen LogP contribution is -2.14. The van der Waals surface area contributed by atoms with E-state index in [1.807, 2.05) is 0 Å². The number of hydrogen-bond donors (Lipinski definition) is 2. The Balaban J connectivity index is 2.31. The lowest BCUT2D eigenvalue weighted by Gasteiger charge is -2.17. The molecule has 164 valence electrons. The number of nitrogens with two attached hydrogens (primary N) is 1. The molecular weight excluding hydrogens is 404 g/mol. The number of rotatable bonds is 8. The highest BCUT2D eigenvalue weighted by molar-refractivity contribution is 6.23. The molecular formula is C22H24N2O7. The predicted octanol–water partition coefficient (Wildman–Crippen LogP) is 3.19. The highest BCUT2D eigenvalue weighted by Crippen LogP contribution is 2.44. The van der Waals surface area contributed by atoms with Crippen LogP contribution in [-0.2, 0) is 4.74 Å². The zero-order chi connectivity index (χ0) is 22.7. The quantitative estimate of drug-likeness (QED) is 0.319. The van der Waals surface area contributed by atoms with Crippen LogP contribution in [0, 0.1) is 0 Å². The van der Waals surface area contributed by atoms with Gasteiger partial charge in [-0.3, -0.25) is 4.79 Å². The van der Waals surface area contributed by atoms with Gasteiger partial charge in [-0.2, -0.15) is 0 Å². The number of ketones is 1. The molecule has 3 aromatic rings. The van der Waals surface area contributed by atoms with Crippen LogP contribution in [0.1, 0.15) is 33.3 Å². The average Bonchev–Trinajstić information content (AvgIpc) is 3.17. The van der Waals surface area contributed by atoms with E-state index in [9.17, 15) is 9.59 Å². The first-order valence-corrected chi connectivity index (χ1v) is 9.41. The van der Waals surface area contributed by atoms with Gasteiger partial charge in [0.05, 0.1) is 51.9 Å². The number of hydrogen-bond acceptors (Lipinski definition) is 8. The molecule has 3 N–H and O–H groups in total. The lowest BCUT2D eigenvalue weighted by molar-refractivity contribution is 0.0517. The summed E-state index contributed by atoms with van der Waals surface area (Å²) in [6.07, 6.45) is 0. The van der Waals surface area contributed by atoms with Crippen LogP contribution in [0.2, 0.25) is 0 Å². The molecule has 2 aromatic carbocycles. The van der Waals surface area contributed by atoms with Crippen LogP contribution in [0.3, 0.4) is 0 Å². The van der Waals surface area contributed by atoms with Crippen molar-refractivity contribution < 1.29 is 33.3 Å². The van der Waals surface area contributed by atoms with E-state index in [2.05, 4.69) is 4.98 Å². The number of H-pyrrole nitrogens is 1. The molecule has 0 fully saturated rings. The van der Waals surface area contributed by atoms with Crippen LogP contribution in [-0.4, -0.2) is 51.8 Å².